The summed E-state index contributed by atoms with van der Waals surface area (Å²) in [4.78, 5) is 21.1. The van der Waals surface area contributed by atoms with Crippen molar-refractivity contribution in [2.45, 2.75) is 72.3 Å². The Hall–Kier alpha value is -1.36. The molecule has 0 saturated carbocycles. The minimum atomic E-state index is -0.991. The number of carbonyl (C=O) groups is 2. The number of aliphatic hydroxyl groups is 1. The molecule has 0 heterocycles. The summed E-state index contributed by atoms with van der Waals surface area (Å²) in [6, 6.07) is 0. The van der Waals surface area contributed by atoms with Gasteiger partial charge in [-0.25, -0.2) is 9.59 Å². The van der Waals surface area contributed by atoms with Crippen molar-refractivity contribution >= 4 is 11.9 Å². The molecule has 5 nitrogen and oxygen atoms in total. The van der Waals surface area contributed by atoms with Gasteiger partial charge in [-0.15, -0.1) is 0 Å². The molecule has 0 rings (SSSR count). The van der Waals surface area contributed by atoms with Crippen molar-refractivity contribution in [1.29, 1.82) is 0 Å². The molecule has 1 unspecified atom stereocenters. The topological polar surface area (TPSA) is 72.8 Å². The van der Waals surface area contributed by atoms with Gasteiger partial charge < -0.3 is 14.6 Å². The Bertz CT molecular complexity index is 297. The summed E-state index contributed by atoms with van der Waals surface area (Å²) in [5, 5.41) is 8.48. The fraction of sp³-hybridized carbons (Fsp3) is 0.765. The molecule has 5 heteroatoms. The zero-order valence-electron chi connectivity index (χ0n) is 14.5. The lowest BCUT2D eigenvalue weighted by Crippen LogP contribution is -2.18. The number of rotatable bonds is 10. The summed E-state index contributed by atoms with van der Waals surface area (Å²) >= 11 is 0. The van der Waals surface area contributed by atoms with E-state index in [2.05, 4.69) is 11.7 Å². The molecule has 0 aromatic rings. The average molecular weight is 316 g/mol. The predicted molar refractivity (Wildman–Crippen MR) is 87.5 cm³/mol. The van der Waals surface area contributed by atoms with Crippen LogP contribution in [0.25, 0.3) is 0 Å². The van der Waals surface area contributed by atoms with Gasteiger partial charge in [-0.05, 0) is 27.2 Å². The molecule has 0 aliphatic carbocycles. The second kappa shape index (κ2) is 17.7. The van der Waals surface area contributed by atoms with Gasteiger partial charge >= 0.3 is 11.9 Å². The molecule has 0 aromatic heterocycles. The van der Waals surface area contributed by atoms with Crippen LogP contribution in [0.2, 0.25) is 0 Å². The lowest BCUT2D eigenvalue weighted by atomic mass is 10.1. The van der Waals surface area contributed by atoms with Gasteiger partial charge in [-0.2, -0.15) is 0 Å². The van der Waals surface area contributed by atoms with E-state index in [4.69, 9.17) is 9.84 Å². The van der Waals surface area contributed by atoms with Crippen LogP contribution in [-0.2, 0) is 19.1 Å². The van der Waals surface area contributed by atoms with Crippen molar-refractivity contribution in [2.75, 3.05) is 13.2 Å². The van der Waals surface area contributed by atoms with E-state index in [1.807, 2.05) is 6.92 Å². The van der Waals surface area contributed by atoms with Gasteiger partial charge in [0.05, 0.1) is 13.2 Å². The van der Waals surface area contributed by atoms with Crippen LogP contribution in [0.5, 0.6) is 0 Å². The highest BCUT2D eigenvalue weighted by Crippen LogP contribution is 2.04. The third kappa shape index (κ3) is 18.6. The number of esters is 2. The van der Waals surface area contributed by atoms with Crippen LogP contribution in [0.15, 0.2) is 12.2 Å². The Morgan fingerprint density at radius 3 is 2.09 bits per heavy atom. The Morgan fingerprint density at radius 2 is 1.64 bits per heavy atom. The highest BCUT2D eigenvalue weighted by atomic mass is 16.5. The molecule has 0 aliphatic rings. The standard InChI is InChI=1S/C12H22O2.C5H10O3/c1-3-5-6-7-8-9-11-14-12(13)10-4-2;1-3-8-5(7)4(2)6/h4,10H,3,5-9,11H2,1-2H3;4,6H,3H2,1-2H3. The number of unbranched alkanes of at least 4 members (excludes halogenated alkanes) is 5. The lowest BCUT2D eigenvalue weighted by molar-refractivity contribution is -0.151. The summed E-state index contributed by atoms with van der Waals surface area (Å²) < 4.78 is 9.38. The first kappa shape index (κ1) is 22.9. The number of aliphatic hydroxyl groups excluding tert-OH is 1. The van der Waals surface area contributed by atoms with Gasteiger partial charge in [-0.3, -0.25) is 0 Å². The van der Waals surface area contributed by atoms with Crippen molar-refractivity contribution in [3.63, 3.8) is 0 Å². The maximum Gasteiger partial charge on any atom is 0.334 e. The largest absolute Gasteiger partial charge is 0.464 e. The quantitative estimate of drug-likeness (QED) is 0.380. The van der Waals surface area contributed by atoms with Crippen LogP contribution >= 0.6 is 0 Å². The van der Waals surface area contributed by atoms with Gasteiger partial charge in [0.2, 0.25) is 0 Å². The zero-order chi connectivity index (χ0) is 17.2. The molecule has 0 bridgehead atoms. The molecule has 0 aliphatic heterocycles. The maximum absolute atomic E-state index is 10.9. The summed E-state index contributed by atoms with van der Waals surface area (Å²) in [6.45, 7) is 7.97. The first-order valence-corrected chi connectivity index (χ1v) is 8.13. The fourth-order valence-electron chi connectivity index (χ4n) is 1.50. The number of hydrogen-bond acceptors (Lipinski definition) is 5. The second-order valence-corrected chi connectivity index (χ2v) is 4.86. The predicted octanol–water partition coefficient (Wildman–Crippen LogP) is 3.40. The van der Waals surface area contributed by atoms with Crippen LogP contribution in [0, 0.1) is 0 Å². The van der Waals surface area contributed by atoms with Crippen molar-refractivity contribution in [1.82, 2.24) is 0 Å². The molecule has 1 N–H and O–H groups in total. The lowest BCUT2D eigenvalue weighted by Gasteiger charge is -2.01. The Balaban J connectivity index is 0. The third-order valence-electron chi connectivity index (χ3n) is 2.67. The molecule has 0 saturated heterocycles. The van der Waals surface area contributed by atoms with E-state index in [0.29, 0.717) is 13.2 Å². The SMILES string of the molecule is CC=CC(=O)OCCCCCCCC.CCOC(=O)C(C)O. The Morgan fingerprint density at radius 1 is 1.05 bits per heavy atom. The van der Waals surface area contributed by atoms with E-state index in [9.17, 15) is 9.59 Å². The first-order valence-electron chi connectivity index (χ1n) is 8.13. The molecule has 0 aromatic carbocycles. The Labute approximate surface area is 134 Å². The van der Waals surface area contributed by atoms with Crippen molar-refractivity contribution in [2.24, 2.45) is 0 Å². The first-order chi connectivity index (χ1) is 10.5. The van der Waals surface area contributed by atoms with Crippen LogP contribution in [0.3, 0.4) is 0 Å². The molecular formula is C17H32O5. The van der Waals surface area contributed by atoms with E-state index in [1.54, 1.807) is 13.0 Å². The Kier molecular flexibility index (Phi) is 18.4. The van der Waals surface area contributed by atoms with Gasteiger partial charge in [-0.1, -0.05) is 45.1 Å². The fourth-order valence-corrected chi connectivity index (χ4v) is 1.50. The highest BCUT2D eigenvalue weighted by Gasteiger charge is 2.07. The molecule has 0 fully saturated rings. The minimum Gasteiger partial charge on any atom is -0.464 e. The number of carbonyl (C=O) groups excluding carboxylic acids is 2. The third-order valence-corrected chi connectivity index (χ3v) is 2.67. The average Bonchev–Trinajstić information content (AvgIpc) is 2.47. The molecule has 1 atom stereocenters. The summed E-state index contributed by atoms with van der Waals surface area (Å²) in [5.74, 6) is -0.784. The van der Waals surface area contributed by atoms with Crippen LogP contribution in [-0.4, -0.2) is 36.4 Å². The summed E-state index contributed by atoms with van der Waals surface area (Å²) in [5.41, 5.74) is 0. The van der Waals surface area contributed by atoms with Gasteiger partial charge in [0.1, 0.15) is 6.10 Å². The van der Waals surface area contributed by atoms with E-state index in [0.717, 1.165) is 6.42 Å². The van der Waals surface area contributed by atoms with Crippen LogP contribution in [0.1, 0.15) is 66.2 Å². The van der Waals surface area contributed by atoms with E-state index >= 15 is 0 Å². The monoisotopic (exact) mass is 316 g/mol. The van der Waals surface area contributed by atoms with Crippen molar-refractivity contribution < 1.29 is 24.2 Å². The second-order valence-electron chi connectivity index (χ2n) is 4.86. The molecule has 22 heavy (non-hydrogen) atoms. The smallest absolute Gasteiger partial charge is 0.334 e. The van der Waals surface area contributed by atoms with Gasteiger partial charge in [0.25, 0.3) is 0 Å². The normalized spacial score (nSPS) is 11.5. The van der Waals surface area contributed by atoms with E-state index in [1.165, 1.54) is 45.1 Å². The molecule has 0 radical (unpaired) electrons. The minimum absolute atomic E-state index is 0.221. The number of allylic oxidation sites excluding steroid dienone is 1. The van der Waals surface area contributed by atoms with Crippen LogP contribution in [0.4, 0.5) is 0 Å². The van der Waals surface area contributed by atoms with Gasteiger partial charge in [0, 0.05) is 6.08 Å². The van der Waals surface area contributed by atoms with Gasteiger partial charge in [0.15, 0.2) is 0 Å². The number of hydrogen-bond donors (Lipinski definition) is 1. The number of ether oxygens (including phenoxy) is 2. The highest BCUT2D eigenvalue weighted by molar-refractivity contribution is 5.81. The van der Waals surface area contributed by atoms with Crippen molar-refractivity contribution in [3.8, 4) is 0 Å². The maximum atomic E-state index is 10.9. The molecule has 130 valence electrons. The molecular weight excluding hydrogens is 284 g/mol. The summed E-state index contributed by atoms with van der Waals surface area (Å²) in [7, 11) is 0. The summed E-state index contributed by atoms with van der Waals surface area (Å²) in [6.07, 6.45) is 9.48. The van der Waals surface area contributed by atoms with Crippen molar-refractivity contribution in [3.05, 3.63) is 12.2 Å². The van der Waals surface area contributed by atoms with E-state index in [-0.39, 0.29) is 5.97 Å². The van der Waals surface area contributed by atoms with E-state index < -0.39 is 12.1 Å². The molecule has 0 amide bonds. The molecule has 0 spiro atoms. The zero-order valence-corrected chi connectivity index (χ0v) is 14.5. The van der Waals surface area contributed by atoms with Crippen LogP contribution < -0.4 is 0 Å².